The van der Waals surface area contributed by atoms with E-state index >= 15 is 0 Å². The number of nitrogens with zero attached hydrogens (tertiary/aromatic N) is 4. The molecule has 1 unspecified atom stereocenters. The summed E-state index contributed by atoms with van der Waals surface area (Å²) in [6, 6.07) is 2.28. The second-order valence-corrected chi connectivity index (χ2v) is 4.18. The van der Waals surface area contributed by atoms with Gasteiger partial charge in [0.05, 0.1) is 11.7 Å². The predicted molar refractivity (Wildman–Crippen MR) is 66.5 cm³/mol. The monoisotopic (exact) mass is 233 g/mol. The Morgan fingerprint density at radius 1 is 1.35 bits per heavy atom. The van der Waals surface area contributed by atoms with Crippen LogP contribution in [-0.2, 0) is 20.5 Å². The first-order chi connectivity index (χ1) is 8.20. The van der Waals surface area contributed by atoms with E-state index in [2.05, 4.69) is 28.4 Å². The minimum absolute atomic E-state index is 0.224. The van der Waals surface area contributed by atoms with Crippen molar-refractivity contribution in [3.8, 4) is 0 Å². The molecular weight excluding hydrogens is 214 g/mol. The van der Waals surface area contributed by atoms with Gasteiger partial charge in [-0.05, 0) is 12.6 Å². The highest BCUT2D eigenvalue weighted by molar-refractivity contribution is 5.09. The fraction of sp³-hybridized carbons (Fsp3) is 0.500. The molecule has 2 aromatic heterocycles. The Morgan fingerprint density at radius 3 is 2.71 bits per heavy atom. The molecule has 17 heavy (non-hydrogen) atoms. The summed E-state index contributed by atoms with van der Waals surface area (Å²) in [7, 11) is 3.96. The summed E-state index contributed by atoms with van der Waals surface area (Å²) in [6.45, 7) is 3.03. The lowest BCUT2D eigenvalue weighted by Gasteiger charge is -2.15. The molecule has 0 aromatic carbocycles. The topological polar surface area (TPSA) is 47.7 Å². The van der Waals surface area contributed by atoms with Crippen LogP contribution in [0.15, 0.2) is 24.7 Å². The molecule has 1 atom stereocenters. The van der Waals surface area contributed by atoms with Crippen molar-refractivity contribution >= 4 is 0 Å². The zero-order chi connectivity index (χ0) is 12.3. The molecule has 1 N–H and O–H groups in total. The zero-order valence-electron chi connectivity index (χ0n) is 10.6. The van der Waals surface area contributed by atoms with Crippen LogP contribution in [-0.4, -0.2) is 25.9 Å². The van der Waals surface area contributed by atoms with E-state index in [0.29, 0.717) is 0 Å². The van der Waals surface area contributed by atoms with Crippen molar-refractivity contribution in [3.63, 3.8) is 0 Å². The van der Waals surface area contributed by atoms with E-state index in [9.17, 15) is 0 Å². The van der Waals surface area contributed by atoms with Crippen LogP contribution >= 0.6 is 0 Å². The molecule has 0 radical (unpaired) electrons. The van der Waals surface area contributed by atoms with Gasteiger partial charge in [-0.2, -0.15) is 5.10 Å². The lowest BCUT2D eigenvalue weighted by Crippen LogP contribution is -2.24. The first-order valence-electron chi connectivity index (χ1n) is 5.89. The average molecular weight is 233 g/mol. The Kier molecular flexibility index (Phi) is 3.58. The fourth-order valence-electron chi connectivity index (χ4n) is 1.92. The van der Waals surface area contributed by atoms with Gasteiger partial charge in [0.2, 0.25) is 0 Å². The molecule has 2 aromatic rings. The summed E-state index contributed by atoms with van der Waals surface area (Å²) in [5, 5.41) is 7.91. The van der Waals surface area contributed by atoms with E-state index < -0.39 is 0 Å². The summed E-state index contributed by atoms with van der Waals surface area (Å²) < 4.78 is 3.88. The van der Waals surface area contributed by atoms with Crippen molar-refractivity contribution in [1.29, 1.82) is 0 Å². The molecule has 5 heteroatoms. The first kappa shape index (κ1) is 11.9. The number of imidazole rings is 1. The van der Waals surface area contributed by atoms with Crippen molar-refractivity contribution in [2.75, 3.05) is 6.54 Å². The molecule has 0 aliphatic carbocycles. The van der Waals surface area contributed by atoms with Crippen molar-refractivity contribution in [2.45, 2.75) is 19.4 Å². The predicted octanol–water partition coefficient (Wildman–Crippen LogP) is 1.05. The van der Waals surface area contributed by atoms with Gasteiger partial charge in [-0.15, -0.1) is 0 Å². The molecule has 5 nitrogen and oxygen atoms in total. The largest absolute Gasteiger partial charge is 0.338 e. The highest BCUT2D eigenvalue weighted by Gasteiger charge is 2.15. The van der Waals surface area contributed by atoms with Crippen molar-refractivity contribution in [1.82, 2.24) is 24.6 Å². The van der Waals surface area contributed by atoms with Crippen LogP contribution in [0, 0.1) is 0 Å². The maximum atomic E-state index is 4.46. The number of likely N-dealkylation sites (N-methyl/N-ethyl adjacent to an activating group) is 1. The second-order valence-electron chi connectivity index (χ2n) is 4.18. The van der Waals surface area contributed by atoms with Gasteiger partial charge >= 0.3 is 0 Å². The van der Waals surface area contributed by atoms with Crippen molar-refractivity contribution in [2.24, 2.45) is 14.1 Å². The Labute approximate surface area is 101 Å². The lowest BCUT2D eigenvalue weighted by atomic mass is 10.1. The molecule has 0 saturated heterocycles. The molecule has 2 rings (SSSR count). The number of rotatable bonds is 5. The normalized spacial score (nSPS) is 12.9. The van der Waals surface area contributed by atoms with Gasteiger partial charge in [0.15, 0.2) is 0 Å². The standard InChI is InChI=1S/C12H19N5/c1-4-13-11(10-5-7-17(3)15-10)9-12-14-6-8-16(12)2/h5-8,11,13H,4,9H2,1-3H3. The van der Waals surface area contributed by atoms with Gasteiger partial charge in [-0.3, -0.25) is 4.68 Å². The maximum absolute atomic E-state index is 4.46. The molecule has 2 heterocycles. The van der Waals surface area contributed by atoms with E-state index in [-0.39, 0.29) is 6.04 Å². The van der Waals surface area contributed by atoms with E-state index in [1.165, 1.54) is 0 Å². The number of nitrogens with one attached hydrogen (secondary N) is 1. The van der Waals surface area contributed by atoms with Crippen LogP contribution in [0.1, 0.15) is 24.5 Å². The molecule has 0 aliphatic rings. The van der Waals surface area contributed by atoms with E-state index in [1.807, 2.05) is 41.9 Å². The molecule has 0 saturated carbocycles. The molecule has 0 aliphatic heterocycles. The highest BCUT2D eigenvalue weighted by Crippen LogP contribution is 2.15. The van der Waals surface area contributed by atoms with Gasteiger partial charge in [0.25, 0.3) is 0 Å². The number of aromatic nitrogens is 4. The molecule has 0 amide bonds. The summed E-state index contributed by atoms with van der Waals surface area (Å²) in [6.07, 6.45) is 6.62. The van der Waals surface area contributed by atoms with Crippen LogP contribution < -0.4 is 5.32 Å². The van der Waals surface area contributed by atoms with Crippen molar-refractivity contribution in [3.05, 3.63) is 36.2 Å². The summed E-state index contributed by atoms with van der Waals surface area (Å²) in [5.41, 5.74) is 1.07. The van der Waals surface area contributed by atoms with Crippen LogP contribution in [0.4, 0.5) is 0 Å². The van der Waals surface area contributed by atoms with Crippen molar-refractivity contribution < 1.29 is 0 Å². The Balaban J connectivity index is 2.15. The van der Waals surface area contributed by atoms with Gasteiger partial charge in [-0.25, -0.2) is 4.98 Å². The SMILES string of the molecule is CCNC(Cc1nccn1C)c1ccn(C)n1. The lowest BCUT2D eigenvalue weighted by molar-refractivity contribution is 0.510. The van der Waals surface area contributed by atoms with E-state index in [4.69, 9.17) is 0 Å². The average Bonchev–Trinajstić information content (AvgIpc) is 2.88. The minimum Gasteiger partial charge on any atom is -0.338 e. The van der Waals surface area contributed by atoms with E-state index in [0.717, 1.165) is 24.5 Å². The van der Waals surface area contributed by atoms with Crippen LogP contribution in [0.3, 0.4) is 0 Å². The number of hydrogen-bond donors (Lipinski definition) is 1. The molecule has 0 bridgehead atoms. The Hall–Kier alpha value is -1.62. The van der Waals surface area contributed by atoms with E-state index in [1.54, 1.807) is 0 Å². The summed E-state index contributed by atoms with van der Waals surface area (Å²) in [5.74, 6) is 1.07. The summed E-state index contributed by atoms with van der Waals surface area (Å²) in [4.78, 5) is 4.36. The fourth-order valence-corrected chi connectivity index (χ4v) is 1.92. The second kappa shape index (κ2) is 5.14. The van der Waals surface area contributed by atoms with Gasteiger partial charge in [0, 0.05) is 39.1 Å². The molecule has 0 spiro atoms. The van der Waals surface area contributed by atoms with Gasteiger partial charge in [-0.1, -0.05) is 6.92 Å². The van der Waals surface area contributed by atoms with Crippen LogP contribution in [0.25, 0.3) is 0 Å². The molecule has 0 fully saturated rings. The number of aryl methyl sites for hydroxylation is 2. The quantitative estimate of drug-likeness (QED) is 0.839. The smallest absolute Gasteiger partial charge is 0.110 e. The molecule has 92 valence electrons. The van der Waals surface area contributed by atoms with Gasteiger partial charge in [0.1, 0.15) is 5.82 Å². The third-order valence-electron chi connectivity index (χ3n) is 2.85. The Bertz CT molecular complexity index is 471. The summed E-state index contributed by atoms with van der Waals surface area (Å²) >= 11 is 0. The van der Waals surface area contributed by atoms with Crippen LogP contribution in [0.5, 0.6) is 0 Å². The molecular formula is C12H19N5. The maximum Gasteiger partial charge on any atom is 0.110 e. The van der Waals surface area contributed by atoms with Crippen LogP contribution in [0.2, 0.25) is 0 Å². The first-order valence-corrected chi connectivity index (χ1v) is 5.89. The zero-order valence-corrected chi connectivity index (χ0v) is 10.6. The third-order valence-corrected chi connectivity index (χ3v) is 2.85. The van der Waals surface area contributed by atoms with Gasteiger partial charge < -0.3 is 9.88 Å². The minimum atomic E-state index is 0.224. The highest BCUT2D eigenvalue weighted by atomic mass is 15.3. The number of hydrogen-bond acceptors (Lipinski definition) is 3. The third kappa shape index (κ3) is 2.74. The Morgan fingerprint density at radius 2 is 2.18 bits per heavy atom.